The molecule has 0 aliphatic carbocycles. The minimum atomic E-state index is -1.87. The molecule has 0 unspecified atom stereocenters. The van der Waals surface area contributed by atoms with E-state index in [-0.39, 0.29) is 10.9 Å². The first-order chi connectivity index (χ1) is 12.1. The second kappa shape index (κ2) is 8.10. The quantitative estimate of drug-likeness (QED) is 0.772. The number of nitrogens with zero attached hydrogens (tertiary/aromatic N) is 2. The molecule has 1 N–H and O–H groups in total. The van der Waals surface area contributed by atoms with Crippen LogP contribution in [0.5, 0.6) is 0 Å². The van der Waals surface area contributed by atoms with Crippen LogP contribution in [0.2, 0.25) is 18.1 Å². The van der Waals surface area contributed by atoms with Gasteiger partial charge in [0.2, 0.25) is 0 Å². The van der Waals surface area contributed by atoms with Gasteiger partial charge in [0.15, 0.2) is 8.32 Å². The lowest BCUT2D eigenvalue weighted by Gasteiger charge is -2.36. The highest BCUT2D eigenvalue weighted by Crippen LogP contribution is 2.36. The molecule has 6 heteroatoms. The Labute approximate surface area is 157 Å². The predicted molar refractivity (Wildman–Crippen MR) is 106 cm³/mol. The van der Waals surface area contributed by atoms with Gasteiger partial charge in [-0.25, -0.2) is 9.97 Å². The van der Waals surface area contributed by atoms with Crippen LogP contribution in [-0.2, 0) is 17.6 Å². The maximum absolute atomic E-state index is 12.4. The molecule has 140 valence electrons. The van der Waals surface area contributed by atoms with Gasteiger partial charge in [-0.1, -0.05) is 51.1 Å². The summed E-state index contributed by atoms with van der Waals surface area (Å²) in [6.07, 6.45) is 0. The van der Waals surface area contributed by atoms with Gasteiger partial charge in [-0.2, -0.15) is 0 Å². The summed E-state index contributed by atoms with van der Waals surface area (Å²) >= 11 is 0. The van der Waals surface area contributed by atoms with E-state index in [1.54, 1.807) is 13.0 Å². The van der Waals surface area contributed by atoms with E-state index in [0.717, 1.165) is 11.3 Å². The van der Waals surface area contributed by atoms with Crippen LogP contribution < -0.4 is 5.32 Å². The molecule has 0 saturated heterocycles. The lowest BCUT2D eigenvalue weighted by molar-refractivity contribution is 0.0945. The van der Waals surface area contributed by atoms with Crippen LogP contribution in [0.4, 0.5) is 0 Å². The van der Waals surface area contributed by atoms with Crippen LogP contribution in [0.25, 0.3) is 0 Å². The van der Waals surface area contributed by atoms with Crippen molar-refractivity contribution in [3.8, 4) is 0 Å². The molecule has 1 heterocycles. The number of amides is 1. The second-order valence-corrected chi connectivity index (χ2v) is 12.8. The third kappa shape index (κ3) is 5.47. The molecule has 0 radical (unpaired) electrons. The number of nitrogens with one attached hydrogen (secondary N) is 1. The van der Waals surface area contributed by atoms with Crippen molar-refractivity contribution in [3.63, 3.8) is 0 Å². The fraction of sp³-hybridized carbons (Fsp3) is 0.450. The topological polar surface area (TPSA) is 64.1 Å². The first-order valence-electron chi connectivity index (χ1n) is 8.89. The minimum Gasteiger partial charge on any atom is -0.411 e. The van der Waals surface area contributed by atoms with E-state index >= 15 is 0 Å². The zero-order chi connectivity index (χ0) is 19.4. The number of hydrogen-bond acceptors (Lipinski definition) is 4. The van der Waals surface area contributed by atoms with Gasteiger partial charge in [0.1, 0.15) is 11.5 Å². The Kier molecular flexibility index (Phi) is 6.31. The molecule has 2 rings (SSSR count). The van der Waals surface area contributed by atoms with E-state index in [4.69, 9.17) is 4.43 Å². The largest absolute Gasteiger partial charge is 0.411 e. The van der Waals surface area contributed by atoms with Crippen molar-refractivity contribution in [2.45, 2.75) is 59.0 Å². The minimum absolute atomic E-state index is 0.130. The van der Waals surface area contributed by atoms with Crippen LogP contribution in [0.15, 0.2) is 36.4 Å². The maximum atomic E-state index is 12.4. The molecule has 1 amide bonds. The zero-order valence-corrected chi connectivity index (χ0v) is 17.6. The molecular weight excluding hydrogens is 342 g/mol. The number of rotatable bonds is 6. The van der Waals surface area contributed by atoms with Crippen LogP contribution >= 0.6 is 0 Å². The molecule has 0 spiro atoms. The van der Waals surface area contributed by atoms with Crippen molar-refractivity contribution in [1.29, 1.82) is 0 Å². The van der Waals surface area contributed by atoms with E-state index in [9.17, 15) is 4.79 Å². The van der Waals surface area contributed by atoms with Gasteiger partial charge >= 0.3 is 0 Å². The molecule has 26 heavy (non-hydrogen) atoms. The fourth-order valence-electron chi connectivity index (χ4n) is 2.16. The van der Waals surface area contributed by atoms with E-state index in [1.165, 1.54) is 0 Å². The summed E-state index contributed by atoms with van der Waals surface area (Å²) in [6.45, 7) is 13.7. The summed E-state index contributed by atoms with van der Waals surface area (Å²) in [6, 6.07) is 11.5. The summed E-state index contributed by atoms with van der Waals surface area (Å²) in [5.74, 6) is 0.374. The number of benzene rings is 1. The normalized spacial score (nSPS) is 12.1. The molecule has 1 aromatic carbocycles. The van der Waals surface area contributed by atoms with E-state index in [2.05, 4.69) is 49.1 Å². The van der Waals surface area contributed by atoms with Crippen molar-refractivity contribution in [2.75, 3.05) is 0 Å². The standard InChI is InChI=1S/C20H29N3O2Si/c1-15-22-17(14-25-26(5,6)20(2,3)4)12-18(23-15)19(24)21-13-16-10-8-7-9-11-16/h7-12H,13-14H2,1-6H3,(H,21,24). The average Bonchev–Trinajstić information content (AvgIpc) is 2.57. The summed E-state index contributed by atoms with van der Waals surface area (Å²) < 4.78 is 6.22. The Bertz CT molecular complexity index is 755. The van der Waals surface area contributed by atoms with Gasteiger partial charge in [0.25, 0.3) is 5.91 Å². The van der Waals surface area contributed by atoms with E-state index < -0.39 is 8.32 Å². The van der Waals surface area contributed by atoms with Gasteiger partial charge in [0, 0.05) is 6.54 Å². The third-order valence-electron chi connectivity index (χ3n) is 4.81. The van der Waals surface area contributed by atoms with Gasteiger partial charge in [0.05, 0.1) is 12.3 Å². The highest BCUT2D eigenvalue weighted by atomic mass is 28.4. The first kappa shape index (κ1) is 20.3. The Morgan fingerprint density at radius 3 is 2.42 bits per heavy atom. The van der Waals surface area contributed by atoms with Gasteiger partial charge in [-0.05, 0) is 36.7 Å². The Morgan fingerprint density at radius 1 is 1.15 bits per heavy atom. The lowest BCUT2D eigenvalue weighted by Crippen LogP contribution is -2.40. The second-order valence-electron chi connectivity index (χ2n) is 8.01. The predicted octanol–water partition coefficient (Wildman–Crippen LogP) is 4.24. The van der Waals surface area contributed by atoms with Crippen LogP contribution in [0.3, 0.4) is 0 Å². The van der Waals surface area contributed by atoms with Crippen LogP contribution in [-0.4, -0.2) is 24.2 Å². The number of aryl methyl sites for hydroxylation is 1. The van der Waals surface area contributed by atoms with Crippen LogP contribution in [0.1, 0.15) is 48.3 Å². The van der Waals surface area contributed by atoms with Crippen molar-refractivity contribution >= 4 is 14.2 Å². The van der Waals surface area contributed by atoms with Crippen molar-refractivity contribution < 1.29 is 9.22 Å². The number of carbonyl (C=O) groups excluding carboxylic acids is 1. The van der Waals surface area contributed by atoms with Crippen LogP contribution in [0, 0.1) is 6.92 Å². The molecule has 0 bridgehead atoms. The number of hydrogen-bond donors (Lipinski definition) is 1. The molecule has 2 aromatic rings. The monoisotopic (exact) mass is 371 g/mol. The molecule has 0 aliphatic heterocycles. The molecule has 0 saturated carbocycles. The zero-order valence-electron chi connectivity index (χ0n) is 16.6. The summed E-state index contributed by atoms with van der Waals surface area (Å²) in [4.78, 5) is 21.1. The first-order valence-corrected chi connectivity index (χ1v) is 11.8. The van der Waals surface area contributed by atoms with Gasteiger partial charge in [-0.3, -0.25) is 4.79 Å². The highest BCUT2D eigenvalue weighted by molar-refractivity contribution is 6.74. The Hall–Kier alpha value is -2.05. The maximum Gasteiger partial charge on any atom is 0.270 e. The number of carbonyl (C=O) groups is 1. The summed E-state index contributed by atoms with van der Waals surface area (Å²) in [5, 5.41) is 3.03. The van der Waals surface area contributed by atoms with Gasteiger partial charge in [-0.15, -0.1) is 0 Å². The number of aromatic nitrogens is 2. The molecule has 0 aliphatic rings. The summed E-state index contributed by atoms with van der Waals surface area (Å²) in [5.41, 5.74) is 2.17. The average molecular weight is 372 g/mol. The van der Waals surface area contributed by atoms with Crippen molar-refractivity contribution in [1.82, 2.24) is 15.3 Å². The molecule has 0 fully saturated rings. The smallest absolute Gasteiger partial charge is 0.270 e. The van der Waals surface area contributed by atoms with Gasteiger partial charge < -0.3 is 9.74 Å². The Morgan fingerprint density at radius 2 is 1.81 bits per heavy atom. The molecular formula is C20H29N3O2Si. The lowest BCUT2D eigenvalue weighted by atomic mass is 10.2. The summed E-state index contributed by atoms with van der Waals surface area (Å²) in [7, 11) is -1.87. The molecule has 1 aromatic heterocycles. The molecule has 0 atom stereocenters. The highest BCUT2D eigenvalue weighted by Gasteiger charge is 2.37. The van der Waals surface area contributed by atoms with E-state index in [0.29, 0.717) is 24.7 Å². The van der Waals surface area contributed by atoms with Crippen molar-refractivity contribution in [3.05, 3.63) is 59.2 Å². The Balaban J connectivity index is 2.05. The molecule has 5 nitrogen and oxygen atoms in total. The fourth-order valence-corrected chi connectivity index (χ4v) is 3.10. The van der Waals surface area contributed by atoms with E-state index in [1.807, 2.05) is 30.3 Å². The third-order valence-corrected chi connectivity index (χ3v) is 9.29. The SMILES string of the molecule is Cc1nc(CO[Si](C)(C)C(C)(C)C)cc(C(=O)NCc2ccccc2)n1. The van der Waals surface area contributed by atoms with Crippen molar-refractivity contribution in [2.24, 2.45) is 0 Å².